The molecule has 1 fully saturated rings. The molecule has 1 aromatic rings. The number of aliphatic hydroxyl groups is 1. The van der Waals surface area contributed by atoms with E-state index < -0.39 is 0 Å². The molecule has 1 N–H and O–H groups in total. The molecule has 2 rings (SSSR count). The lowest BCUT2D eigenvalue weighted by atomic mass is 9.71. The fourth-order valence-electron chi connectivity index (χ4n) is 3.25. The zero-order chi connectivity index (χ0) is 14.6. The highest BCUT2D eigenvalue weighted by molar-refractivity contribution is 7.10. The van der Waals surface area contributed by atoms with Crippen molar-refractivity contribution in [2.24, 2.45) is 11.3 Å². The van der Waals surface area contributed by atoms with Crippen LogP contribution in [0, 0.1) is 23.2 Å². The van der Waals surface area contributed by atoms with Gasteiger partial charge in [0.05, 0.1) is 12.7 Å². The van der Waals surface area contributed by atoms with Crippen LogP contribution in [0.15, 0.2) is 11.4 Å². The molecule has 0 aliphatic heterocycles. The molecule has 1 saturated carbocycles. The number of hydrogen-bond acceptors (Lipinski definition) is 3. The average molecular weight is 292 g/mol. The average Bonchev–Trinajstić information content (AvgIpc) is 2.79. The van der Waals surface area contributed by atoms with Crippen LogP contribution in [0.4, 0.5) is 0 Å². The van der Waals surface area contributed by atoms with Crippen LogP contribution in [0.25, 0.3) is 0 Å². The Morgan fingerprint density at radius 1 is 1.45 bits per heavy atom. The molecule has 110 valence electrons. The van der Waals surface area contributed by atoms with Gasteiger partial charge in [-0.3, -0.25) is 0 Å². The highest BCUT2D eigenvalue weighted by Gasteiger charge is 2.32. The van der Waals surface area contributed by atoms with Crippen molar-refractivity contribution in [1.82, 2.24) is 0 Å². The van der Waals surface area contributed by atoms with Gasteiger partial charge in [-0.05, 0) is 36.7 Å². The zero-order valence-electron chi connectivity index (χ0n) is 12.6. The van der Waals surface area contributed by atoms with Gasteiger partial charge in [0.2, 0.25) is 0 Å². The Morgan fingerprint density at radius 3 is 2.95 bits per heavy atom. The monoisotopic (exact) mass is 292 g/mol. The molecule has 0 amide bonds. The van der Waals surface area contributed by atoms with Crippen molar-refractivity contribution in [1.29, 1.82) is 0 Å². The molecule has 2 atom stereocenters. The molecular weight excluding hydrogens is 268 g/mol. The van der Waals surface area contributed by atoms with Crippen molar-refractivity contribution in [3.63, 3.8) is 0 Å². The number of aliphatic hydroxyl groups excluding tert-OH is 1. The van der Waals surface area contributed by atoms with Gasteiger partial charge in [-0.15, -0.1) is 11.3 Å². The van der Waals surface area contributed by atoms with E-state index in [0.717, 1.165) is 17.9 Å². The van der Waals surface area contributed by atoms with E-state index in [-0.39, 0.29) is 6.61 Å². The zero-order valence-corrected chi connectivity index (χ0v) is 13.4. The molecular formula is C17H24O2S. The standard InChI is InChI=1S/C17H24O2S/c1-13-7-15(10-17(2,3)9-13)19-11-16-8-14(12-20-16)5-4-6-18/h8,12-13,15,18H,6-7,9-11H2,1-3H3. The lowest BCUT2D eigenvalue weighted by Crippen LogP contribution is -2.32. The Labute approximate surface area is 126 Å². The van der Waals surface area contributed by atoms with Crippen LogP contribution in [0.5, 0.6) is 0 Å². The van der Waals surface area contributed by atoms with Gasteiger partial charge < -0.3 is 9.84 Å². The Kier molecular flexibility index (Phi) is 5.26. The maximum atomic E-state index is 8.69. The molecule has 1 aliphatic carbocycles. The van der Waals surface area contributed by atoms with E-state index in [4.69, 9.17) is 9.84 Å². The normalized spacial score (nSPS) is 25.0. The molecule has 20 heavy (non-hydrogen) atoms. The third-order valence-corrected chi connectivity index (χ3v) is 4.68. The van der Waals surface area contributed by atoms with E-state index >= 15 is 0 Å². The Balaban J connectivity index is 1.87. The second-order valence-corrected chi connectivity index (χ2v) is 7.60. The summed E-state index contributed by atoms with van der Waals surface area (Å²) >= 11 is 1.68. The molecule has 0 bridgehead atoms. The molecule has 3 heteroatoms. The minimum absolute atomic E-state index is 0.0866. The summed E-state index contributed by atoms with van der Waals surface area (Å²) in [4.78, 5) is 1.21. The van der Waals surface area contributed by atoms with Crippen molar-refractivity contribution >= 4 is 11.3 Å². The van der Waals surface area contributed by atoms with E-state index in [1.807, 2.05) is 5.38 Å². The minimum atomic E-state index is -0.0866. The Morgan fingerprint density at radius 2 is 2.25 bits per heavy atom. The van der Waals surface area contributed by atoms with Crippen LogP contribution in [-0.2, 0) is 11.3 Å². The number of rotatable bonds is 3. The van der Waals surface area contributed by atoms with Gasteiger partial charge >= 0.3 is 0 Å². The fourth-order valence-corrected chi connectivity index (χ4v) is 3.99. The van der Waals surface area contributed by atoms with Gasteiger partial charge in [0.25, 0.3) is 0 Å². The first-order valence-electron chi connectivity index (χ1n) is 7.27. The van der Waals surface area contributed by atoms with E-state index in [1.165, 1.54) is 17.7 Å². The lowest BCUT2D eigenvalue weighted by molar-refractivity contribution is -0.0307. The fraction of sp³-hybridized carbons (Fsp3) is 0.647. The summed E-state index contributed by atoms with van der Waals surface area (Å²) < 4.78 is 6.11. The molecule has 0 aromatic carbocycles. The molecule has 1 aliphatic rings. The summed E-state index contributed by atoms with van der Waals surface area (Å²) in [6, 6.07) is 2.06. The maximum absolute atomic E-state index is 8.69. The van der Waals surface area contributed by atoms with Gasteiger partial charge in [0.15, 0.2) is 0 Å². The van der Waals surface area contributed by atoms with Crippen molar-refractivity contribution in [3.05, 3.63) is 21.9 Å². The molecule has 0 saturated heterocycles. The van der Waals surface area contributed by atoms with Crippen molar-refractivity contribution < 1.29 is 9.84 Å². The van der Waals surface area contributed by atoms with Crippen LogP contribution in [-0.4, -0.2) is 17.8 Å². The SMILES string of the molecule is CC1CC(OCc2cc(C#CCO)cs2)CC(C)(C)C1. The first-order chi connectivity index (χ1) is 9.48. The summed E-state index contributed by atoms with van der Waals surface area (Å²) in [5.41, 5.74) is 1.37. The van der Waals surface area contributed by atoms with E-state index in [1.54, 1.807) is 11.3 Å². The van der Waals surface area contributed by atoms with Gasteiger partial charge in [-0.1, -0.05) is 32.6 Å². The van der Waals surface area contributed by atoms with Gasteiger partial charge in [-0.25, -0.2) is 0 Å². The summed E-state index contributed by atoms with van der Waals surface area (Å²) in [6.07, 6.45) is 4.00. The topological polar surface area (TPSA) is 29.5 Å². The van der Waals surface area contributed by atoms with Gasteiger partial charge in [0.1, 0.15) is 6.61 Å². The van der Waals surface area contributed by atoms with Crippen LogP contribution in [0.1, 0.15) is 50.5 Å². The molecule has 1 aromatic heterocycles. The summed E-state index contributed by atoms with van der Waals surface area (Å²) in [6.45, 7) is 7.60. The first-order valence-corrected chi connectivity index (χ1v) is 8.15. The molecule has 0 radical (unpaired) electrons. The Bertz CT molecular complexity index is 493. The third-order valence-electron chi connectivity index (χ3n) is 3.77. The molecule has 2 unspecified atom stereocenters. The number of thiophene rings is 1. The van der Waals surface area contributed by atoms with Crippen molar-refractivity contribution in [2.75, 3.05) is 6.61 Å². The highest BCUT2D eigenvalue weighted by Crippen LogP contribution is 2.40. The molecule has 2 nitrogen and oxygen atoms in total. The number of hydrogen-bond donors (Lipinski definition) is 1. The van der Waals surface area contributed by atoms with Crippen molar-refractivity contribution in [3.8, 4) is 11.8 Å². The predicted molar refractivity (Wildman–Crippen MR) is 83.7 cm³/mol. The van der Waals surface area contributed by atoms with Crippen LogP contribution in [0.2, 0.25) is 0 Å². The van der Waals surface area contributed by atoms with Crippen LogP contribution >= 0.6 is 11.3 Å². The van der Waals surface area contributed by atoms with E-state index in [9.17, 15) is 0 Å². The van der Waals surface area contributed by atoms with Crippen LogP contribution in [0.3, 0.4) is 0 Å². The minimum Gasteiger partial charge on any atom is -0.384 e. The van der Waals surface area contributed by atoms with E-state index in [0.29, 0.717) is 18.1 Å². The first kappa shape index (κ1) is 15.6. The molecule has 1 heterocycles. The summed E-state index contributed by atoms with van der Waals surface area (Å²) in [7, 11) is 0. The number of ether oxygens (including phenoxy) is 1. The lowest BCUT2D eigenvalue weighted by Gasteiger charge is -2.38. The highest BCUT2D eigenvalue weighted by atomic mass is 32.1. The smallest absolute Gasteiger partial charge is 0.104 e. The largest absolute Gasteiger partial charge is 0.384 e. The second kappa shape index (κ2) is 6.76. The summed E-state index contributed by atoms with van der Waals surface area (Å²) in [5.74, 6) is 6.35. The van der Waals surface area contributed by atoms with Crippen molar-refractivity contribution in [2.45, 2.75) is 52.7 Å². The quantitative estimate of drug-likeness (QED) is 0.858. The third kappa shape index (κ3) is 4.63. The van der Waals surface area contributed by atoms with Gasteiger partial charge in [-0.2, -0.15) is 0 Å². The van der Waals surface area contributed by atoms with Gasteiger partial charge in [0, 0.05) is 15.8 Å². The Hall–Kier alpha value is -0.820. The predicted octanol–water partition coefficient (Wildman–Crippen LogP) is 3.82. The van der Waals surface area contributed by atoms with E-state index in [2.05, 4.69) is 38.7 Å². The van der Waals surface area contributed by atoms with Crippen LogP contribution < -0.4 is 0 Å². The summed E-state index contributed by atoms with van der Waals surface area (Å²) in [5, 5.41) is 10.7. The molecule has 0 spiro atoms. The second-order valence-electron chi connectivity index (χ2n) is 6.61. The maximum Gasteiger partial charge on any atom is 0.104 e.